The summed E-state index contributed by atoms with van der Waals surface area (Å²) in [6.07, 6.45) is 0. The van der Waals surface area contributed by atoms with Crippen LogP contribution in [0.4, 0.5) is 4.39 Å². The summed E-state index contributed by atoms with van der Waals surface area (Å²) in [5.41, 5.74) is 4.87. The minimum absolute atomic E-state index is 0.0515. The molecule has 0 aliphatic rings. The predicted octanol–water partition coefficient (Wildman–Crippen LogP) is 1.57. The highest BCUT2D eigenvalue weighted by molar-refractivity contribution is 6.30. The summed E-state index contributed by atoms with van der Waals surface area (Å²) in [6.45, 7) is 0. The van der Waals surface area contributed by atoms with Crippen molar-refractivity contribution in [2.75, 3.05) is 0 Å². The summed E-state index contributed by atoms with van der Waals surface area (Å²) in [5.74, 6) is -2.86. The van der Waals surface area contributed by atoms with Crippen LogP contribution in [0.1, 0.15) is 11.5 Å². The van der Waals surface area contributed by atoms with Gasteiger partial charge in [0, 0.05) is 10.6 Å². The van der Waals surface area contributed by atoms with E-state index in [4.69, 9.17) is 22.6 Å². The monoisotopic (exact) mass is 212 g/mol. The average molecular weight is 213 g/mol. The van der Waals surface area contributed by atoms with Crippen molar-refractivity contribution in [1.82, 2.24) is 0 Å². The fraction of sp³-hybridized carbons (Fsp3) is 0.111. The molecule has 14 heavy (non-hydrogen) atoms. The predicted molar refractivity (Wildman–Crippen MR) is 49.0 cm³/mol. The first kappa shape index (κ1) is 10.5. The van der Waals surface area contributed by atoms with Gasteiger partial charge in [-0.15, -0.1) is 0 Å². The van der Waals surface area contributed by atoms with Crippen LogP contribution in [-0.4, -0.2) is 5.91 Å². The number of carbonyl (C=O) groups is 1. The number of carbonyl (C=O) groups excluding carboxylic acids is 1. The Morgan fingerprint density at radius 1 is 1.64 bits per heavy atom. The maximum atomic E-state index is 13.2. The molecule has 1 aromatic carbocycles. The van der Waals surface area contributed by atoms with E-state index in [1.807, 2.05) is 0 Å². The van der Waals surface area contributed by atoms with Crippen molar-refractivity contribution in [1.29, 1.82) is 5.26 Å². The molecule has 0 aliphatic heterocycles. The fourth-order valence-electron chi connectivity index (χ4n) is 1.02. The van der Waals surface area contributed by atoms with Gasteiger partial charge in [0.15, 0.2) is 5.92 Å². The number of amides is 1. The van der Waals surface area contributed by atoms with Crippen molar-refractivity contribution in [2.45, 2.75) is 5.92 Å². The third kappa shape index (κ3) is 2.01. The third-order valence-corrected chi connectivity index (χ3v) is 1.92. The maximum Gasteiger partial charge on any atom is 0.239 e. The van der Waals surface area contributed by atoms with Crippen molar-refractivity contribution in [2.24, 2.45) is 5.73 Å². The lowest BCUT2D eigenvalue weighted by Crippen LogP contribution is -2.20. The van der Waals surface area contributed by atoms with Crippen LogP contribution in [0.3, 0.4) is 0 Å². The first-order valence-electron chi connectivity index (χ1n) is 3.70. The summed E-state index contributed by atoms with van der Waals surface area (Å²) in [7, 11) is 0. The highest BCUT2D eigenvalue weighted by atomic mass is 35.5. The zero-order chi connectivity index (χ0) is 10.7. The van der Waals surface area contributed by atoms with Gasteiger partial charge in [0.2, 0.25) is 5.91 Å². The van der Waals surface area contributed by atoms with Crippen LogP contribution < -0.4 is 5.73 Å². The Labute approximate surface area is 84.9 Å². The number of rotatable bonds is 2. The Kier molecular flexibility index (Phi) is 3.05. The quantitative estimate of drug-likeness (QED) is 0.809. The van der Waals surface area contributed by atoms with E-state index in [9.17, 15) is 9.18 Å². The van der Waals surface area contributed by atoms with Gasteiger partial charge in [-0.3, -0.25) is 4.79 Å². The van der Waals surface area contributed by atoms with E-state index in [1.165, 1.54) is 12.1 Å². The first-order chi connectivity index (χ1) is 6.56. The van der Waals surface area contributed by atoms with Crippen LogP contribution in [0, 0.1) is 17.1 Å². The summed E-state index contributed by atoms with van der Waals surface area (Å²) >= 11 is 5.51. The van der Waals surface area contributed by atoms with Crippen LogP contribution >= 0.6 is 11.6 Å². The molecule has 2 N–H and O–H groups in total. The summed E-state index contributed by atoms with van der Waals surface area (Å²) in [5, 5.41) is 8.79. The molecule has 3 nitrogen and oxygen atoms in total. The smallest absolute Gasteiger partial charge is 0.239 e. The molecule has 1 atom stereocenters. The Balaban J connectivity index is 3.19. The van der Waals surface area contributed by atoms with E-state index in [1.54, 1.807) is 6.07 Å². The van der Waals surface area contributed by atoms with Crippen LogP contribution in [-0.2, 0) is 4.79 Å². The Hall–Kier alpha value is -1.60. The molecule has 0 aliphatic carbocycles. The Morgan fingerprint density at radius 3 is 2.71 bits per heavy atom. The number of hydrogen-bond donors (Lipinski definition) is 1. The van der Waals surface area contributed by atoms with Gasteiger partial charge in [0.1, 0.15) is 5.82 Å². The van der Waals surface area contributed by atoms with Gasteiger partial charge in [-0.2, -0.15) is 5.26 Å². The first-order valence-corrected chi connectivity index (χ1v) is 4.08. The number of hydrogen-bond acceptors (Lipinski definition) is 2. The standard InChI is InChI=1S/C9H6ClFN2O/c10-5-1-2-6(8(11)3-5)7(4-12)9(13)14/h1-3,7H,(H2,13,14). The van der Waals surface area contributed by atoms with Gasteiger partial charge in [0.05, 0.1) is 6.07 Å². The molecule has 72 valence electrons. The second kappa shape index (κ2) is 4.07. The van der Waals surface area contributed by atoms with Gasteiger partial charge in [-0.25, -0.2) is 4.39 Å². The Morgan fingerprint density at radius 2 is 2.29 bits per heavy atom. The molecule has 0 saturated carbocycles. The van der Waals surface area contributed by atoms with Crippen molar-refractivity contribution >= 4 is 17.5 Å². The highest BCUT2D eigenvalue weighted by Crippen LogP contribution is 2.21. The fourth-order valence-corrected chi connectivity index (χ4v) is 1.18. The topological polar surface area (TPSA) is 66.9 Å². The van der Waals surface area contributed by atoms with Crippen molar-refractivity contribution < 1.29 is 9.18 Å². The molecule has 0 aromatic heterocycles. The number of primary amides is 1. The summed E-state index contributed by atoms with van der Waals surface area (Å²) < 4.78 is 13.2. The van der Waals surface area contributed by atoms with E-state index in [0.717, 1.165) is 6.07 Å². The Bertz CT molecular complexity index is 414. The van der Waals surface area contributed by atoms with Crippen molar-refractivity contribution in [3.8, 4) is 6.07 Å². The largest absolute Gasteiger partial charge is 0.368 e. The molecule has 5 heteroatoms. The van der Waals surface area contributed by atoms with E-state index < -0.39 is 17.6 Å². The lowest BCUT2D eigenvalue weighted by atomic mass is 10.00. The number of nitrogens with two attached hydrogens (primary N) is 1. The lowest BCUT2D eigenvalue weighted by molar-refractivity contribution is -0.118. The number of nitrogens with zero attached hydrogens (tertiary/aromatic N) is 1. The van der Waals surface area contributed by atoms with Gasteiger partial charge < -0.3 is 5.73 Å². The van der Waals surface area contributed by atoms with Crippen molar-refractivity contribution in [3.63, 3.8) is 0 Å². The van der Waals surface area contributed by atoms with E-state index in [-0.39, 0.29) is 10.6 Å². The van der Waals surface area contributed by atoms with Crippen LogP contribution in [0.2, 0.25) is 5.02 Å². The SMILES string of the molecule is N#CC(C(N)=O)c1ccc(Cl)cc1F. The molecule has 1 amide bonds. The van der Waals surface area contributed by atoms with Crippen LogP contribution in [0.5, 0.6) is 0 Å². The highest BCUT2D eigenvalue weighted by Gasteiger charge is 2.20. The molecule has 1 rings (SSSR count). The zero-order valence-electron chi connectivity index (χ0n) is 7.00. The van der Waals surface area contributed by atoms with E-state index in [2.05, 4.69) is 0 Å². The number of nitriles is 1. The number of benzene rings is 1. The third-order valence-electron chi connectivity index (χ3n) is 1.69. The molecule has 0 heterocycles. The molecule has 0 radical (unpaired) electrons. The average Bonchev–Trinajstić information content (AvgIpc) is 2.09. The van der Waals surface area contributed by atoms with Gasteiger partial charge in [-0.1, -0.05) is 17.7 Å². The van der Waals surface area contributed by atoms with Gasteiger partial charge in [-0.05, 0) is 12.1 Å². The second-order valence-corrected chi connectivity index (χ2v) is 3.07. The lowest BCUT2D eigenvalue weighted by Gasteiger charge is -2.06. The van der Waals surface area contributed by atoms with Crippen LogP contribution in [0.25, 0.3) is 0 Å². The molecule has 0 saturated heterocycles. The molecule has 0 spiro atoms. The summed E-state index contributed by atoms with van der Waals surface area (Å²) in [6, 6.07) is 5.32. The second-order valence-electron chi connectivity index (χ2n) is 2.63. The van der Waals surface area contributed by atoms with Gasteiger partial charge in [0.25, 0.3) is 0 Å². The molecule has 1 unspecified atom stereocenters. The maximum absolute atomic E-state index is 13.2. The molecule has 0 fully saturated rings. The number of halogens is 2. The van der Waals surface area contributed by atoms with Gasteiger partial charge >= 0.3 is 0 Å². The normalized spacial score (nSPS) is 11.8. The molecular weight excluding hydrogens is 207 g/mol. The molecule has 0 bridgehead atoms. The van der Waals surface area contributed by atoms with Crippen LogP contribution in [0.15, 0.2) is 18.2 Å². The van der Waals surface area contributed by atoms with E-state index in [0.29, 0.717) is 0 Å². The minimum atomic E-state index is -1.27. The van der Waals surface area contributed by atoms with Crippen molar-refractivity contribution in [3.05, 3.63) is 34.6 Å². The summed E-state index contributed by atoms with van der Waals surface area (Å²) in [4.78, 5) is 10.8. The zero-order valence-corrected chi connectivity index (χ0v) is 7.75. The minimum Gasteiger partial charge on any atom is -0.368 e. The van der Waals surface area contributed by atoms with E-state index >= 15 is 0 Å². The molecular formula is C9H6ClFN2O. The molecule has 1 aromatic rings.